The molecule has 0 aliphatic carbocycles. The summed E-state index contributed by atoms with van der Waals surface area (Å²) in [4.78, 5) is 15.3. The minimum absolute atomic E-state index is 0.188. The summed E-state index contributed by atoms with van der Waals surface area (Å²) in [6.45, 7) is 0. The van der Waals surface area contributed by atoms with E-state index in [1.54, 1.807) is 0 Å². The van der Waals surface area contributed by atoms with Gasteiger partial charge >= 0.3 is 0 Å². The second-order valence-electron chi connectivity index (χ2n) is 13.9. The molecule has 14 radical (unpaired) electrons. The van der Waals surface area contributed by atoms with Crippen molar-refractivity contribution in [3.8, 4) is 56.4 Å². The van der Waals surface area contributed by atoms with Crippen LogP contribution < -0.4 is 38.2 Å². The summed E-state index contributed by atoms with van der Waals surface area (Å²) in [5, 5.41) is 3.06. The van der Waals surface area contributed by atoms with E-state index in [1.807, 2.05) is 97.1 Å². The Kier molecular flexibility index (Phi) is 8.46. The molecular formula is C45H20B7N3OS. The summed E-state index contributed by atoms with van der Waals surface area (Å²) in [6.07, 6.45) is 0. The third-order valence-electron chi connectivity index (χ3n) is 10.6. The van der Waals surface area contributed by atoms with Gasteiger partial charge in [0.1, 0.15) is 66.1 Å². The van der Waals surface area contributed by atoms with E-state index in [2.05, 4.69) is 24.3 Å². The smallest absolute Gasteiger partial charge is 0.164 e. The maximum Gasteiger partial charge on any atom is 0.164 e. The van der Waals surface area contributed by atoms with E-state index in [9.17, 15) is 0 Å². The van der Waals surface area contributed by atoms with Crippen molar-refractivity contribution in [2.75, 3.05) is 0 Å². The number of fused-ring (bicyclic) bond motifs is 6. The second-order valence-corrected chi connectivity index (χ2v) is 14.9. The van der Waals surface area contributed by atoms with E-state index in [0.717, 1.165) is 44.2 Å². The van der Waals surface area contributed by atoms with Crippen molar-refractivity contribution in [2.24, 2.45) is 0 Å². The summed E-state index contributed by atoms with van der Waals surface area (Å²) in [7, 11) is 46.0. The van der Waals surface area contributed by atoms with Gasteiger partial charge in [-0.3, -0.25) is 0 Å². The van der Waals surface area contributed by atoms with Crippen LogP contribution in [0.4, 0.5) is 0 Å². The maximum absolute atomic E-state index is 6.97. The Bertz CT molecular complexity index is 3270. The highest BCUT2D eigenvalue weighted by Crippen LogP contribution is 2.37. The molecule has 0 fully saturated rings. The zero-order chi connectivity index (χ0) is 39.1. The van der Waals surface area contributed by atoms with Crippen molar-refractivity contribution in [3.63, 3.8) is 0 Å². The number of rotatable bonds is 5. The molecule has 0 saturated carbocycles. The van der Waals surface area contributed by atoms with E-state index in [0.29, 0.717) is 76.2 Å². The molecule has 0 aliphatic rings. The highest BCUT2D eigenvalue weighted by atomic mass is 32.1. The minimum Gasteiger partial charge on any atom is -0.456 e. The number of benzene rings is 7. The number of hydrogen-bond acceptors (Lipinski definition) is 5. The first-order chi connectivity index (χ1) is 27.7. The number of aromatic nitrogens is 3. The maximum atomic E-state index is 6.97. The Labute approximate surface area is 342 Å². The van der Waals surface area contributed by atoms with Gasteiger partial charge in [0.15, 0.2) is 17.5 Å². The van der Waals surface area contributed by atoms with Gasteiger partial charge in [0.2, 0.25) is 0 Å². The summed E-state index contributed by atoms with van der Waals surface area (Å²) < 4.78 is 7.55. The number of para-hydroxylation sites is 1. The van der Waals surface area contributed by atoms with Crippen LogP contribution in [0.15, 0.2) is 126 Å². The Hall–Kier alpha value is -5.98. The highest BCUT2D eigenvalue weighted by molar-refractivity contribution is 7.28. The molecule has 10 aromatic rings. The Balaban J connectivity index is 1.17. The standard InChI is InChI=1S/C45H20B7N3OS/c46-34-30(37(49)41-32(35(34)47)33-36(48)38(50)39(51)40(52)42(33)57-41)24-10-6-11-25(20-24)44-53-43(23-18-16-22(17-19-23)21-8-2-1-3-9-21)54-45(55-44)27-13-7-15-29-31(27)26-12-4-5-14-28(26)56-29/h1-20H. The lowest BCUT2D eigenvalue weighted by molar-refractivity contribution is 0.669. The van der Waals surface area contributed by atoms with E-state index >= 15 is 0 Å². The van der Waals surface area contributed by atoms with Crippen LogP contribution >= 0.6 is 11.3 Å². The topological polar surface area (TPSA) is 51.8 Å². The fraction of sp³-hybridized carbons (Fsp3) is 0. The van der Waals surface area contributed by atoms with Gasteiger partial charge in [0.05, 0.1) is 0 Å². The minimum atomic E-state index is 0.188. The molecule has 3 heterocycles. The van der Waals surface area contributed by atoms with Crippen LogP contribution in [0.1, 0.15) is 0 Å². The average molecular weight is 726 g/mol. The predicted molar refractivity (Wildman–Crippen MR) is 245 cm³/mol. The highest BCUT2D eigenvalue weighted by Gasteiger charge is 2.22. The van der Waals surface area contributed by atoms with Crippen molar-refractivity contribution in [3.05, 3.63) is 121 Å². The molecule has 0 atom stereocenters. The quantitative estimate of drug-likeness (QED) is 0.252. The van der Waals surface area contributed by atoms with Gasteiger partial charge < -0.3 is 4.42 Å². The Morgan fingerprint density at radius 3 is 1.70 bits per heavy atom. The van der Waals surface area contributed by atoms with Crippen molar-refractivity contribution < 1.29 is 4.42 Å². The monoisotopic (exact) mass is 727 g/mol. The predicted octanol–water partition coefficient (Wildman–Crippen LogP) is 4.03. The van der Waals surface area contributed by atoms with E-state index in [1.165, 1.54) is 11.3 Å². The summed E-state index contributed by atoms with van der Waals surface area (Å²) >= 11 is 1.34. The van der Waals surface area contributed by atoms with Crippen LogP contribution in [0.25, 0.3) is 98.5 Å². The van der Waals surface area contributed by atoms with Gasteiger partial charge in [-0.05, 0) is 51.2 Å². The molecule has 57 heavy (non-hydrogen) atoms. The first kappa shape index (κ1) is 35.4. The van der Waals surface area contributed by atoms with Crippen LogP contribution in [-0.2, 0) is 0 Å². The third-order valence-corrected chi connectivity index (χ3v) is 11.8. The summed E-state index contributed by atoms with van der Waals surface area (Å²) in [5.41, 5.74) is 9.36. The number of hydrogen-bond donors (Lipinski definition) is 0. The van der Waals surface area contributed by atoms with E-state index in [-0.39, 0.29) is 16.4 Å². The van der Waals surface area contributed by atoms with Crippen molar-refractivity contribution in [1.82, 2.24) is 15.0 Å². The molecule has 3 aromatic heterocycles. The molecule has 0 N–H and O–H groups in total. The SMILES string of the molecule is [B]c1c([B])c([B])c2c(sc3c([B])c(-c4cccc(-c5nc(-c6ccc(-c7ccccc7)cc6)nc(-c6cccc7oc8ccccc8c67)n5)c4)c([B])c([B])c32)c1[B]. The van der Waals surface area contributed by atoms with Crippen molar-refractivity contribution >= 4 is 147 Å². The Morgan fingerprint density at radius 1 is 0.386 bits per heavy atom. The van der Waals surface area contributed by atoms with Gasteiger partial charge in [-0.15, -0.1) is 22.3 Å². The molecule has 0 amide bonds. The van der Waals surface area contributed by atoms with Crippen LogP contribution in [-0.4, -0.2) is 69.9 Å². The molecule has 0 saturated heterocycles. The van der Waals surface area contributed by atoms with Gasteiger partial charge in [-0.25, -0.2) is 15.0 Å². The van der Waals surface area contributed by atoms with Crippen LogP contribution in [0.2, 0.25) is 0 Å². The molecule has 12 heteroatoms. The van der Waals surface area contributed by atoms with Crippen LogP contribution in [0, 0.1) is 0 Å². The molecule has 248 valence electrons. The van der Waals surface area contributed by atoms with Crippen LogP contribution in [0.5, 0.6) is 0 Å². The van der Waals surface area contributed by atoms with E-state index < -0.39 is 0 Å². The average Bonchev–Trinajstić information content (AvgIpc) is 3.85. The molecule has 4 nitrogen and oxygen atoms in total. The molecular weight excluding hydrogens is 706 g/mol. The molecule has 7 aromatic carbocycles. The van der Waals surface area contributed by atoms with Gasteiger partial charge in [0.25, 0.3) is 0 Å². The fourth-order valence-corrected chi connectivity index (χ4v) is 8.95. The van der Waals surface area contributed by atoms with E-state index in [4.69, 9.17) is 74.3 Å². The summed E-state index contributed by atoms with van der Waals surface area (Å²) in [5.74, 6) is 1.45. The van der Waals surface area contributed by atoms with Gasteiger partial charge in [-0.1, -0.05) is 130 Å². The van der Waals surface area contributed by atoms with Crippen molar-refractivity contribution in [1.29, 1.82) is 0 Å². The molecule has 0 unspecified atom stereocenters. The second kappa shape index (κ2) is 13.6. The first-order valence-electron chi connectivity index (χ1n) is 18.1. The molecule has 10 rings (SSSR count). The molecule has 0 spiro atoms. The summed E-state index contributed by atoms with van der Waals surface area (Å²) in [6, 6.07) is 40.0. The fourth-order valence-electron chi connectivity index (χ4n) is 7.68. The number of nitrogens with zero attached hydrogens (tertiary/aromatic N) is 3. The van der Waals surface area contributed by atoms with Gasteiger partial charge in [0, 0.05) is 36.9 Å². The third kappa shape index (κ3) is 5.64. The number of furan rings is 1. The largest absolute Gasteiger partial charge is 0.456 e. The van der Waals surface area contributed by atoms with Crippen molar-refractivity contribution in [2.45, 2.75) is 0 Å². The zero-order valence-corrected chi connectivity index (χ0v) is 31.1. The lowest BCUT2D eigenvalue weighted by Crippen LogP contribution is -2.47. The van der Waals surface area contributed by atoms with Gasteiger partial charge in [-0.2, -0.15) is 0 Å². The lowest BCUT2D eigenvalue weighted by Gasteiger charge is -2.18. The molecule has 0 bridgehead atoms. The zero-order valence-electron chi connectivity index (χ0n) is 30.2. The molecule has 0 aliphatic heterocycles. The Morgan fingerprint density at radius 2 is 0.930 bits per heavy atom. The lowest BCUT2D eigenvalue weighted by atomic mass is 9.64. The normalized spacial score (nSPS) is 11.6. The number of thiophene rings is 1. The first-order valence-corrected chi connectivity index (χ1v) is 18.9. The van der Waals surface area contributed by atoms with Crippen LogP contribution in [0.3, 0.4) is 0 Å².